The maximum atomic E-state index is 12.4. The summed E-state index contributed by atoms with van der Waals surface area (Å²) in [4.78, 5) is 18.3. The molecule has 0 atom stereocenters. The second-order valence-electron chi connectivity index (χ2n) is 5.62. The Hall–Kier alpha value is -0.870. The van der Waals surface area contributed by atoms with Gasteiger partial charge in [-0.3, -0.25) is 9.69 Å². The molecule has 3 nitrogen and oxygen atoms in total. The minimum absolute atomic E-state index is 0.318. The molecule has 2 aliphatic rings. The van der Waals surface area contributed by atoms with E-state index in [4.69, 9.17) is 0 Å². The lowest BCUT2D eigenvalue weighted by Crippen LogP contribution is -2.42. The molecule has 3 heterocycles. The third-order valence-electron chi connectivity index (χ3n) is 4.22. The fourth-order valence-corrected chi connectivity index (χ4v) is 3.94. The predicted octanol–water partition coefficient (Wildman–Crippen LogP) is 2.51. The van der Waals surface area contributed by atoms with E-state index in [2.05, 4.69) is 16.3 Å². The van der Waals surface area contributed by atoms with Crippen molar-refractivity contribution >= 4 is 17.2 Å². The Labute approximate surface area is 119 Å². The number of likely N-dealkylation sites (tertiary alicyclic amines) is 1. The van der Waals surface area contributed by atoms with Gasteiger partial charge in [-0.05, 0) is 49.4 Å². The van der Waals surface area contributed by atoms with Crippen LogP contribution < -0.4 is 0 Å². The number of rotatable bonds is 2. The van der Waals surface area contributed by atoms with Gasteiger partial charge in [0.05, 0.1) is 6.54 Å². The van der Waals surface area contributed by atoms with Gasteiger partial charge in [0, 0.05) is 18.0 Å². The molecule has 1 fully saturated rings. The summed E-state index contributed by atoms with van der Waals surface area (Å²) in [5, 5.41) is 2.15. The Balaban J connectivity index is 1.56. The van der Waals surface area contributed by atoms with Gasteiger partial charge in [0.2, 0.25) is 5.91 Å². The first kappa shape index (κ1) is 13.1. The van der Waals surface area contributed by atoms with Crippen molar-refractivity contribution in [1.29, 1.82) is 0 Å². The molecule has 104 valence electrons. The van der Waals surface area contributed by atoms with Crippen LogP contribution in [-0.4, -0.2) is 41.9 Å². The number of hydrogen-bond donors (Lipinski definition) is 0. The third kappa shape index (κ3) is 3.18. The summed E-state index contributed by atoms with van der Waals surface area (Å²) < 4.78 is 0. The first-order chi connectivity index (χ1) is 9.33. The Morgan fingerprint density at radius 1 is 1.16 bits per heavy atom. The van der Waals surface area contributed by atoms with Crippen LogP contribution in [0.2, 0.25) is 0 Å². The molecule has 1 saturated heterocycles. The number of amides is 1. The van der Waals surface area contributed by atoms with Crippen LogP contribution in [0.3, 0.4) is 0 Å². The molecule has 1 aromatic heterocycles. The molecule has 0 saturated carbocycles. The number of thiophene rings is 1. The van der Waals surface area contributed by atoms with Crippen molar-refractivity contribution in [2.45, 2.75) is 38.6 Å². The minimum atomic E-state index is 0.318. The Kier molecular flexibility index (Phi) is 4.18. The smallest absolute Gasteiger partial charge is 0.237 e. The van der Waals surface area contributed by atoms with Gasteiger partial charge in [-0.1, -0.05) is 12.8 Å². The summed E-state index contributed by atoms with van der Waals surface area (Å²) in [6, 6.07) is 2.17. The molecule has 1 aromatic rings. The van der Waals surface area contributed by atoms with E-state index in [9.17, 15) is 4.79 Å². The van der Waals surface area contributed by atoms with Crippen LogP contribution in [0.1, 0.15) is 36.1 Å². The molecule has 3 rings (SSSR count). The van der Waals surface area contributed by atoms with Crippen molar-refractivity contribution in [2.75, 3.05) is 26.2 Å². The lowest BCUT2D eigenvalue weighted by atomic mass is 10.1. The molecular formula is C15H22N2OS. The summed E-state index contributed by atoms with van der Waals surface area (Å²) in [7, 11) is 0. The molecule has 0 spiro atoms. The van der Waals surface area contributed by atoms with E-state index in [1.807, 2.05) is 16.2 Å². The summed E-state index contributed by atoms with van der Waals surface area (Å²) in [5.74, 6) is 0.318. The average molecular weight is 278 g/mol. The Bertz CT molecular complexity index is 435. The monoisotopic (exact) mass is 278 g/mol. The molecule has 4 heteroatoms. The van der Waals surface area contributed by atoms with E-state index in [0.717, 1.165) is 32.6 Å². The SMILES string of the molecule is O=C(CN1CCCCCC1)N1CCc2sccc2C1. The van der Waals surface area contributed by atoms with Gasteiger partial charge >= 0.3 is 0 Å². The fourth-order valence-electron chi connectivity index (χ4n) is 3.05. The highest BCUT2D eigenvalue weighted by molar-refractivity contribution is 7.10. The first-order valence-corrected chi connectivity index (χ1v) is 8.26. The Morgan fingerprint density at radius 2 is 1.95 bits per heavy atom. The van der Waals surface area contributed by atoms with E-state index >= 15 is 0 Å². The zero-order chi connectivity index (χ0) is 13.1. The van der Waals surface area contributed by atoms with Gasteiger partial charge in [-0.25, -0.2) is 0 Å². The molecule has 0 radical (unpaired) electrons. The number of hydrogen-bond acceptors (Lipinski definition) is 3. The quantitative estimate of drug-likeness (QED) is 0.830. The average Bonchev–Trinajstić information content (AvgIpc) is 2.75. The van der Waals surface area contributed by atoms with Gasteiger partial charge in [0.15, 0.2) is 0 Å². The van der Waals surface area contributed by atoms with Crippen molar-refractivity contribution in [3.05, 3.63) is 21.9 Å². The molecule has 19 heavy (non-hydrogen) atoms. The molecule has 0 aromatic carbocycles. The minimum Gasteiger partial charge on any atom is -0.337 e. The summed E-state index contributed by atoms with van der Waals surface area (Å²) in [6.45, 7) is 4.55. The van der Waals surface area contributed by atoms with Crippen LogP contribution in [0.5, 0.6) is 0 Å². The van der Waals surface area contributed by atoms with Gasteiger partial charge in [0.1, 0.15) is 0 Å². The molecular weight excluding hydrogens is 256 g/mol. The highest BCUT2D eigenvalue weighted by atomic mass is 32.1. The number of nitrogens with zero attached hydrogens (tertiary/aromatic N) is 2. The molecule has 0 unspecified atom stereocenters. The summed E-state index contributed by atoms with van der Waals surface area (Å²) in [6.07, 6.45) is 6.20. The summed E-state index contributed by atoms with van der Waals surface area (Å²) >= 11 is 1.83. The van der Waals surface area contributed by atoms with E-state index in [-0.39, 0.29) is 0 Å². The number of fused-ring (bicyclic) bond motifs is 1. The van der Waals surface area contributed by atoms with Gasteiger partial charge in [-0.2, -0.15) is 0 Å². The second kappa shape index (κ2) is 6.06. The van der Waals surface area contributed by atoms with Gasteiger partial charge in [-0.15, -0.1) is 11.3 Å². The van der Waals surface area contributed by atoms with E-state index in [1.165, 1.54) is 36.1 Å². The molecule has 1 amide bonds. The summed E-state index contributed by atoms with van der Waals surface area (Å²) in [5.41, 5.74) is 1.36. The second-order valence-corrected chi connectivity index (χ2v) is 6.63. The zero-order valence-corrected chi connectivity index (χ0v) is 12.3. The molecule has 0 aliphatic carbocycles. The van der Waals surface area contributed by atoms with Gasteiger partial charge in [0.25, 0.3) is 0 Å². The number of carbonyl (C=O) groups is 1. The van der Waals surface area contributed by atoms with Crippen LogP contribution in [-0.2, 0) is 17.8 Å². The standard InChI is InChI=1S/C15H22N2OS/c18-15(12-16-7-3-1-2-4-8-16)17-9-5-14-13(11-17)6-10-19-14/h6,10H,1-5,7-9,11-12H2. The lowest BCUT2D eigenvalue weighted by Gasteiger charge is -2.29. The van der Waals surface area contributed by atoms with Crippen LogP contribution >= 0.6 is 11.3 Å². The predicted molar refractivity (Wildman–Crippen MR) is 78.3 cm³/mol. The highest BCUT2D eigenvalue weighted by Gasteiger charge is 2.23. The number of carbonyl (C=O) groups excluding carboxylic acids is 1. The van der Waals surface area contributed by atoms with Crippen LogP contribution in [0.4, 0.5) is 0 Å². The van der Waals surface area contributed by atoms with Crippen molar-refractivity contribution < 1.29 is 4.79 Å². The maximum Gasteiger partial charge on any atom is 0.237 e. The van der Waals surface area contributed by atoms with Gasteiger partial charge < -0.3 is 4.90 Å². The van der Waals surface area contributed by atoms with E-state index in [1.54, 1.807) is 0 Å². The Morgan fingerprint density at radius 3 is 2.74 bits per heavy atom. The van der Waals surface area contributed by atoms with Crippen LogP contribution in [0, 0.1) is 0 Å². The first-order valence-electron chi connectivity index (χ1n) is 7.38. The van der Waals surface area contributed by atoms with Crippen molar-refractivity contribution in [3.63, 3.8) is 0 Å². The van der Waals surface area contributed by atoms with E-state index < -0.39 is 0 Å². The topological polar surface area (TPSA) is 23.6 Å². The molecule has 0 bridgehead atoms. The van der Waals surface area contributed by atoms with E-state index in [0.29, 0.717) is 12.5 Å². The van der Waals surface area contributed by atoms with Crippen molar-refractivity contribution in [1.82, 2.24) is 9.80 Å². The fraction of sp³-hybridized carbons (Fsp3) is 0.667. The van der Waals surface area contributed by atoms with Crippen molar-refractivity contribution in [2.24, 2.45) is 0 Å². The van der Waals surface area contributed by atoms with Crippen LogP contribution in [0.25, 0.3) is 0 Å². The van der Waals surface area contributed by atoms with Crippen LogP contribution in [0.15, 0.2) is 11.4 Å². The maximum absolute atomic E-state index is 12.4. The molecule has 0 N–H and O–H groups in total. The largest absolute Gasteiger partial charge is 0.337 e. The van der Waals surface area contributed by atoms with Crippen molar-refractivity contribution in [3.8, 4) is 0 Å². The highest BCUT2D eigenvalue weighted by Crippen LogP contribution is 2.24. The lowest BCUT2D eigenvalue weighted by molar-refractivity contribution is -0.133. The zero-order valence-electron chi connectivity index (χ0n) is 11.4. The normalized spacial score (nSPS) is 20.9. The molecule has 2 aliphatic heterocycles. The third-order valence-corrected chi connectivity index (χ3v) is 5.24.